The van der Waals surface area contributed by atoms with E-state index in [0.717, 1.165) is 5.56 Å². The molecular formula is C14H21ClN2O2. The van der Waals surface area contributed by atoms with Crippen LogP contribution in [-0.2, 0) is 16.1 Å². The van der Waals surface area contributed by atoms with Crippen molar-refractivity contribution in [2.75, 3.05) is 33.4 Å². The molecule has 0 saturated heterocycles. The van der Waals surface area contributed by atoms with Crippen molar-refractivity contribution >= 4 is 17.5 Å². The summed E-state index contributed by atoms with van der Waals surface area (Å²) in [7, 11) is 1.64. The molecule has 0 atom stereocenters. The highest BCUT2D eigenvalue weighted by Gasteiger charge is 2.11. The summed E-state index contributed by atoms with van der Waals surface area (Å²) >= 11 is 5.94. The number of amides is 1. The van der Waals surface area contributed by atoms with Gasteiger partial charge in [-0.25, -0.2) is 0 Å². The molecule has 19 heavy (non-hydrogen) atoms. The summed E-state index contributed by atoms with van der Waals surface area (Å²) in [6, 6.07) is 7.58. The third-order valence-electron chi connectivity index (χ3n) is 2.76. The predicted octanol–water partition coefficient (Wildman–Crippen LogP) is 1.92. The zero-order valence-electron chi connectivity index (χ0n) is 11.5. The highest BCUT2D eigenvalue weighted by molar-refractivity contribution is 6.30. The Morgan fingerprint density at radius 2 is 2.26 bits per heavy atom. The monoisotopic (exact) mass is 284 g/mol. The lowest BCUT2D eigenvalue weighted by atomic mass is 10.2. The predicted molar refractivity (Wildman–Crippen MR) is 77.3 cm³/mol. The zero-order chi connectivity index (χ0) is 14.1. The molecule has 0 aromatic heterocycles. The topological polar surface area (TPSA) is 41.6 Å². The molecule has 1 amide bonds. The average molecular weight is 285 g/mol. The number of hydrogen-bond acceptors (Lipinski definition) is 3. The van der Waals surface area contributed by atoms with Gasteiger partial charge in [-0.2, -0.15) is 0 Å². The van der Waals surface area contributed by atoms with Crippen LogP contribution in [0.15, 0.2) is 24.3 Å². The first-order chi connectivity index (χ1) is 9.17. The molecule has 106 valence electrons. The van der Waals surface area contributed by atoms with Crippen molar-refractivity contribution < 1.29 is 9.53 Å². The van der Waals surface area contributed by atoms with Crippen LogP contribution in [0.2, 0.25) is 5.02 Å². The Labute approximate surface area is 119 Å². The Morgan fingerprint density at radius 3 is 2.89 bits per heavy atom. The zero-order valence-corrected chi connectivity index (χ0v) is 12.2. The minimum Gasteiger partial charge on any atom is -0.383 e. The molecule has 0 heterocycles. The van der Waals surface area contributed by atoms with E-state index in [-0.39, 0.29) is 5.91 Å². The summed E-state index contributed by atoms with van der Waals surface area (Å²) in [5, 5.41) is 3.75. The Hall–Kier alpha value is -1.10. The number of nitrogens with zero attached hydrogens (tertiary/aromatic N) is 1. The number of halogens is 1. The number of benzene rings is 1. The fraction of sp³-hybridized carbons (Fsp3) is 0.500. The number of carbonyl (C=O) groups is 1. The van der Waals surface area contributed by atoms with Gasteiger partial charge in [0.25, 0.3) is 0 Å². The van der Waals surface area contributed by atoms with E-state index < -0.39 is 0 Å². The Balaban J connectivity index is 2.46. The van der Waals surface area contributed by atoms with Gasteiger partial charge in [0.2, 0.25) is 5.91 Å². The van der Waals surface area contributed by atoms with Crippen LogP contribution >= 0.6 is 11.6 Å². The normalized spacial score (nSPS) is 10.5. The van der Waals surface area contributed by atoms with Gasteiger partial charge in [-0.1, -0.05) is 23.7 Å². The highest BCUT2D eigenvalue weighted by atomic mass is 35.5. The van der Waals surface area contributed by atoms with Gasteiger partial charge in [0.15, 0.2) is 0 Å². The lowest BCUT2D eigenvalue weighted by molar-refractivity contribution is -0.130. The molecule has 0 aliphatic carbocycles. The van der Waals surface area contributed by atoms with Crippen molar-refractivity contribution in [3.63, 3.8) is 0 Å². The lowest BCUT2D eigenvalue weighted by Crippen LogP contribution is -2.38. The van der Waals surface area contributed by atoms with Crippen molar-refractivity contribution in [1.29, 1.82) is 0 Å². The third kappa shape index (κ3) is 6.05. The molecule has 4 nitrogen and oxygen atoms in total. The maximum atomic E-state index is 12.0. The summed E-state index contributed by atoms with van der Waals surface area (Å²) < 4.78 is 4.92. The van der Waals surface area contributed by atoms with Gasteiger partial charge >= 0.3 is 0 Å². The van der Waals surface area contributed by atoms with Gasteiger partial charge in [-0.05, 0) is 24.6 Å². The second-order valence-electron chi connectivity index (χ2n) is 4.21. The maximum Gasteiger partial charge on any atom is 0.236 e. The molecule has 1 aromatic carbocycles. The summed E-state index contributed by atoms with van der Waals surface area (Å²) in [5.74, 6) is 0.0820. The standard InChI is InChI=1S/C14H21ClN2O2/c1-3-17(14(18)10-16-7-8-19-2)11-12-5-4-6-13(15)9-12/h4-6,9,16H,3,7-8,10-11H2,1-2H3. The number of carbonyl (C=O) groups excluding carboxylic acids is 1. The largest absolute Gasteiger partial charge is 0.383 e. The van der Waals surface area contributed by atoms with Crippen molar-refractivity contribution in [1.82, 2.24) is 10.2 Å². The van der Waals surface area contributed by atoms with Gasteiger partial charge in [0, 0.05) is 31.8 Å². The quantitative estimate of drug-likeness (QED) is 0.742. The van der Waals surface area contributed by atoms with Crippen LogP contribution in [0.4, 0.5) is 0 Å². The first-order valence-corrected chi connectivity index (χ1v) is 6.77. The van der Waals surface area contributed by atoms with Gasteiger partial charge in [-0.15, -0.1) is 0 Å². The van der Waals surface area contributed by atoms with Gasteiger partial charge in [0.1, 0.15) is 0 Å². The number of nitrogens with one attached hydrogen (secondary N) is 1. The SMILES string of the molecule is CCN(Cc1cccc(Cl)c1)C(=O)CNCCOC. The summed E-state index contributed by atoms with van der Waals surface area (Å²) in [4.78, 5) is 13.8. The molecule has 0 bridgehead atoms. The fourth-order valence-corrected chi connectivity index (χ4v) is 1.93. The van der Waals surface area contributed by atoms with Crippen LogP contribution in [-0.4, -0.2) is 44.2 Å². The van der Waals surface area contributed by atoms with Crippen LogP contribution < -0.4 is 5.32 Å². The molecule has 5 heteroatoms. The molecular weight excluding hydrogens is 264 g/mol. The summed E-state index contributed by atoms with van der Waals surface area (Å²) in [6.45, 7) is 4.85. The Bertz CT molecular complexity index is 399. The second-order valence-corrected chi connectivity index (χ2v) is 4.64. The van der Waals surface area contributed by atoms with Crippen molar-refractivity contribution in [2.24, 2.45) is 0 Å². The van der Waals surface area contributed by atoms with E-state index in [1.165, 1.54) is 0 Å². The van der Waals surface area contributed by atoms with E-state index in [1.54, 1.807) is 12.0 Å². The van der Waals surface area contributed by atoms with E-state index in [2.05, 4.69) is 5.32 Å². The number of ether oxygens (including phenoxy) is 1. The van der Waals surface area contributed by atoms with Crippen LogP contribution in [0.25, 0.3) is 0 Å². The highest BCUT2D eigenvalue weighted by Crippen LogP contribution is 2.12. The molecule has 1 aromatic rings. The average Bonchev–Trinajstić information content (AvgIpc) is 2.41. The van der Waals surface area contributed by atoms with Gasteiger partial charge in [-0.3, -0.25) is 4.79 Å². The Kier molecular flexibility index (Phi) is 7.48. The molecule has 0 unspecified atom stereocenters. The van der Waals surface area contributed by atoms with E-state index in [4.69, 9.17) is 16.3 Å². The van der Waals surface area contributed by atoms with Crippen LogP contribution in [0, 0.1) is 0 Å². The van der Waals surface area contributed by atoms with Crippen molar-refractivity contribution in [3.05, 3.63) is 34.9 Å². The third-order valence-corrected chi connectivity index (χ3v) is 2.99. The Morgan fingerprint density at radius 1 is 1.47 bits per heavy atom. The molecule has 0 saturated carbocycles. The van der Waals surface area contributed by atoms with Crippen molar-refractivity contribution in [3.8, 4) is 0 Å². The number of methoxy groups -OCH3 is 1. The first kappa shape index (κ1) is 16.0. The molecule has 0 radical (unpaired) electrons. The van der Waals surface area contributed by atoms with E-state index >= 15 is 0 Å². The van der Waals surface area contributed by atoms with E-state index in [9.17, 15) is 4.79 Å². The maximum absolute atomic E-state index is 12.0. The van der Waals surface area contributed by atoms with E-state index in [0.29, 0.717) is 37.8 Å². The second kappa shape index (κ2) is 8.91. The van der Waals surface area contributed by atoms with Gasteiger partial charge < -0.3 is 15.0 Å². The number of hydrogen-bond donors (Lipinski definition) is 1. The molecule has 0 spiro atoms. The minimum atomic E-state index is 0.0820. The molecule has 1 N–H and O–H groups in total. The number of rotatable bonds is 8. The smallest absolute Gasteiger partial charge is 0.236 e. The van der Waals surface area contributed by atoms with Crippen LogP contribution in [0.3, 0.4) is 0 Å². The number of likely N-dealkylation sites (N-methyl/N-ethyl adjacent to an activating group) is 1. The van der Waals surface area contributed by atoms with Crippen LogP contribution in [0.1, 0.15) is 12.5 Å². The molecule has 0 aliphatic rings. The first-order valence-electron chi connectivity index (χ1n) is 6.39. The van der Waals surface area contributed by atoms with Gasteiger partial charge in [0.05, 0.1) is 13.2 Å². The van der Waals surface area contributed by atoms with Crippen molar-refractivity contribution in [2.45, 2.75) is 13.5 Å². The molecule has 0 aliphatic heterocycles. The van der Waals surface area contributed by atoms with Crippen LogP contribution in [0.5, 0.6) is 0 Å². The fourth-order valence-electron chi connectivity index (χ4n) is 1.71. The summed E-state index contributed by atoms with van der Waals surface area (Å²) in [5.41, 5.74) is 1.04. The molecule has 0 fully saturated rings. The minimum absolute atomic E-state index is 0.0820. The lowest BCUT2D eigenvalue weighted by Gasteiger charge is -2.21. The van der Waals surface area contributed by atoms with E-state index in [1.807, 2.05) is 31.2 Å². The summed E-state index contributed by atoms with van der Waals surface area (Å²) in [6.07, 6.45) is 0. The molecule has 1 rings (SSSR count).